The van der Waals surface area contributed by atoms with Gasteiger partial charge in [0.15, 0.2) is 5.82 Å². The lowest BCUT2D eigenvalue weighted by atomic mass is 10.1. The number of carboxylic acid groups (broad SMARTS) is 1. The van der Waals surface area contributed by atoms with Crippen molar-refractivity contribution in [1.29, 1.82) is 0 Å². The molecule has 0 saturated carbocycles. The molecule has 0 spiro atoms. The molecule has 5 aromatic rings. The molecule has 0 saturated heterocycles. The van der Waals surface area contributed by atoms with Crippen LogP contribution in [0, 0.1) is 0 Å². The number of para-hydroxylation sites is 2. The van der Waals surface area contributed by atoms with Gasteiger partial charge in [0.05, 0.1) is 5.52 Å². The summed E-state index contributed by atoms with van der Waals surface area (Å²) in [6.07, 6.45) is -1.03. The van der Waals surface area contributed by atoms with Gasteiger partial charge in [0, 0.05) is 35.1 Å². The summed E-state index contributed by atoms with van der Waals surface area (Å²) >= 11 is 0. The number of aromatic hydroxyl groups is 1. The van der Waals surface area contributed by atoms with Gasteiger partial charge in [0.1, 0.15) is 34.3 Å². The molecule has 0 bridgehead atoms. The van der Waals surface area contributed by atoms with Crippen LogP contribution in [-0.4, -0.2) is 44.9 Å². The molecule has 0 fully saturated rings. The fraction of sp³-hybridized carbons (Fsp3) is 0.0741. The number of benzene rings is 3. The Labute approximate surface area is 229 Å². The standard InChI is InChI=1S/C27H18F3N3O7S/c28-27(29,30)40-23-7-3-4-8-24(23)41(37,38)33-14-20(18-5-1-2-6-21(18)33)25-31-12-16(13-32-25)15-39-17-9-10-22(34)19(11-17)26(35)36/h1-14,34H,15H2,(H,35,36). The van der Waals surface area contributed by atoms with E-state index in [9.17, 15) is 31.5 Å². The summed E-state index contributed by atoms with van der Waals surface area (Å²) in [5.41, 5.74) is 0.652. The van der Waals surface area contributed by atoms with Gasteiger partial charge in [0.25, 0.3) is 10.0 Å². The molecule has 0 radical (unpaired) electrons. The lowest BCUT2D eigenvalue weighted by Gasteiger charge is -2.14. The Morgan fingerprint density at radius 3 is 2.37 bits per heavy atom. The third-order valence-corrected chi connectivity index (χ3v) is 7.55. The first-order valence-corrected chi connectivity index (χ1v) is 13.1. The van der Waals surface area contributed by atoms with E-state index in [1.165, 1.54) is 55.0 Å². The molecular formula is C27H18F3N3O7S. The van der Waals surface area contributed by atoms with Gasteiger partial charge in [-0.2, -0.15) is 0 Å². The maximum Gasteiger partial charge on any atom is 0.573 e. The van der Waals surface area contributed by atoms with Gasteiger partial charge in [-0.25, -0.2) is 27.2 Å². The van der Waals surface area contributed by atoms with E-state index in [1.807, 2.05) is 0 Å². The van der Waals surface area contributed by atoms with Crippen LogP contribution in [-0.2, 0) is 16.6 Å². The fourth-order valence-electron chi connectivity index (χ4n) is 4.02. The van der Waals surface area contributed by atoms with Gasteiger partial charge in [-0.1, -0.05) is 30.3 Å². The second-order valence-electron chi connectivity index (χ2n) is 8.54. The molecule has 210 valence electrons. The number of phenols is 1. The van der Waals surface area contributed by atoms with Gasteiger partial charge in [-0.15, -0.1) is 13.2 Å². The number of carbonyl (C=O) groups is 1. The first kappa shape index (κ1) is 27.5. The monoisotopic (exact) mass is 585 g/mol. The summed E-state index contributed by atoms with van der Waals surface area (Å²) in [6, 6.07) is 14.6. The molecular weight excluding hydrogens is 567 g/mol. The minimum Gasteiger partial charge on any atom is -0.507 e. The van der Waals surface area contributed by atoms with Crippen LogP contribution >= 0.6 is 0 Å². The van der Waals surface area contributed by atoms with E-state index in [-0.39, 0.29) is 29.3 Å². The Kier molecular flexibility index (Phi) is 7.01. The van der Waals surface area contributed by atoms with Crippen molar-refractivity contribution in [3.8, 4) is 28.6 Å². The smallest absolute Gasteiger partial charge is 0.507 e. The largest absolute Gasteiger partial charge is 0.573 e. The van der Waals surface area contributed by atoms with Crippen molar-refractivity contribution in [3.63, 3.8) is 0 Å². The molecule has 2 heterocycles. The molecule has 5 rings (SSSR count). The SMILES string of the molecule is O=C(O)c1cc(OCc2cnc(-c3cn(S(=O)(=O)c4ccccc4OC(F)(F)F)c4ccccc34)nc2)ccc1O. The van der Waals surface area contributed by atoms with E-state index in [2.05, 4.69) is 14.7 Å². The Morgan fingerprint density at radius 1 is 0.976 bits per heavy atom. The number of aromatic carboxylic acids is 1. The van der Waals surface area contributed by atoms with Crippen molar-refractivity contribution in [2.24, 2.45) is 0 Å². The van der Waals surface area contributed by atoms with E-state index >= 15 is 0 Å². The van der Waals surface area contributed by atoms with Crippen LogP contribution in [0.5, 0.6) is 17.2 Å². The Bertz CT molecular complexity index is 1870. The highest BCUT2D eigenvalue weighted by Crippen LogP contribution is 2.35. The number of aromatic nitrogens is 3. The zero-order chi connectivity index (χ0) is 29.4. The second-order valence-corrected chi connectivity index (χ2v) is 10.3. The Morgan fingerprint density at radius 2 is 1.66 bits per heavy atom. The fourth-order valence-corrected chi connectivity index (χ4v) is 5.51. The molecule has 2 aromatic heterocycles. The molecule has 0 aliphatic rings. The van der Waals surface area contributed by atoms with Gasteiger partial charge >= 0.3 is 12.3 Å². The van der Waals surface area contributed by atoms with Crippen molar-refractivity contribution >= 4 is 26.9 Å². The topological polar surface area (TPSA) is 141 Å². The first-order valence-electron chi connectivity index (χ1n) is 11.6. The summed E-state index contributed by atoms with van der Waals surface area (Å²) in [6.45, 7) is -0.0454. The average Bonchev–Trinajstić information content (AvgIpc) is 3.33. The number of halogens is 3. The quantitative estimate of drug-likeness (QED) is 0.251. The molecule has 0 unspecified atom stereocenters. The summed E-state index contributed by atoms with van der Waals surface area (Å²) in [4.78, 5) is 19.1. The number of rotatable bonds is 8. The molecule has 10 nitrogen and oxygen atoms in total. The van der Waals surface area contributed by atoms with Crippen LogP contribution in [0.4, 0.5) is 13.2 Å². The van der Waals surface area contributed by atoms with E-state index in [1.54, 1.807) is 18.2 Å². The highest BCUT2D eigenvalue weighted by atomic mass is 32.2. The minimum atomic E-state index is -5.10. The van der Waals surface area contributed by atoms with E-state index < -0.39 is 38.7 Å². The van der Waals surface area contributed by atoms with Crippen molar-refractivity contribution in [3.05, 3.63) is 96.4 Å². The first-order chi connectivity index (χ1) is 19.4. The third kappa shape index (κ3) is 5.63. The third-order valence-electron chi connectivity index (χ3n) is 5.84. The predicted octanol–water partition coefficient (Wildman–Crippen LogP) is 5.22. The zero-order valence-corrected chi connectivity index (χ0v) is 21.4. The molecule has 2 N–H and O–H groups in total. The molecule has 0 aliphatic heterocycles. The lowest BCUT2D eigenvalue weighted by Crippen LogP contribution is -2.20. The molecule has 3 aromatic carbocycles. The maximum absolute atomic E-state index is 13.6. The number of fused-ring (bicyclic) bond motifs is 1. The van der Waals surface area contributed by atoms with Gasteiger partial charge in [-0.3, -0.25) is 0 Å². The van der Waals surface area contributed by atoms with Crippen molar-refractivity contribution in [2.75, 3.05) is 0 Å². The summed E-state index contributed by atoms with van der Waals surface area (Å²) in [5, 5.41) is 19.2. The van der Waals surface area contributed by atoms with Crippen LogP contribution in [0.2, 0.25) is 0 Å². The van der Waals surface area contributed by atoms with E-state index in [4.69, 9.17) is 9.84 Å². The number of hydrogen-bond donors (Lipinski definition) is 2. The van der Waals surface area contributed by atoms with Crippen LogP contribution in [0.3, 0.4) is 0 Å². The van der Waals surface area contributed by atoms with Crippen LogP contribution in [0.25, 0.3) is 22.3 Å². The molecule has 14 heteroatoms. The van der Waals surface area contributed by atoms with Crippen LogP contribution < -0.4 is 9.47 Å². The van der Waals surface area contributed by atoms with Gasteiger partial charge in [0.2, 0.25) is 0 Å². The number of hydrogen-bond acceptors (Lipinski definition) is 8. The summed E-state index contributed by atoms with van der Waals surface area (Å²) in [5.74, 6) is -2.28. The van der Waals surface area contributed by atoms with E-state index in [0.29, 0.717) is 16.5 Å². The number of carboxylic acids is 1. The predicted molar refractivity (Wildman–Crippen MR) is 138 cm³/mol. The zero-order valence-electron chi connectivity index (χ0n) is 20.6. The number of nitrogens with zero attached hydrogens (tertiary/aromatic N) is 3. The summed E-state index contributed by atoms with van der Waals surface area (Å²) in [7, 11) is -4.56. The Hall–Kier alpha value is -5.11. The number of ether oxygens (including phenoxy) is 2. The number of alkyl halides is 3. The normalized spacial score (nSPS) is 11.9. The summed E-state index contributed by atoms with van der Waals surface area (Å²) < 4.78 is 76.4. The van der Waals surface area contributed by atoms with Crippen LogP contribution in [0.15, 0.2) is 90.2 Å². The second kappa shape index (κ2) is 10.5. The highest BCUT2D eigenvalue weighted by molar-refractivity contribution is 7.90. The van der Waals surface area contributed by atoms with Gasteiger partial charge in [-0.05, 0) is 36.4 Å². The Balaban J connectivity index is 1.46. The van der Waals surface area contributed by atoms with Crippen molar-refractivity contribution < 1.29 is 46.1 Å². The molecule has 0 aliphatic carbocycles. The average molecular weight is 586 g/mol. The molecule has 41 heavy (non-hydrogen) atoms. The molecule has 0 atom stereocenters. The van der Waals surface area contributed by atoms with Crippen LogP contribution in [0.1, 0.15) is 15.9 Å². The highest BCUT2D eigenvalue weighted by Gasteiger charge is 2.35. The maximum atomic E-state index is 13.6. The van der Waals surface area contributed by atoms with Crippen molar-refractivity contribution in [1.82, 2.24) is 13.9 Å². The molecule has 0 amide bonds. The van der Waals surface area contributed by atoms with E-state index in [0.717, 1.165) is 16.1 Å². The van der Waals surface area contributed by atoms with Gasteiger partial charge < -0.3 is 19.7 Å². The lowest BCUT2D eigenvalue weighted by molar-refractivity contribution is -0.275. The van der Waals surface area contributed by atoms with Crippen molar-refractivity contribution in [2.45, 2.75) is 17.9 Å². The minimum absolute atomic E-state index is 0.0454.